The van der Waals surface area contributed by atoms with E-state index in [1.165, 1.54) is 0 Å². The highest BCUT2D eigenvalue weighted by Gasteiger charge is 2.27. The average Bonchev–Trinajstić information content (AvgIpc) is 2.80. The predicted molar refractivity (Wildman–Crippen MR) is 117 cm³/mol. The first-order chi connectivity index (χ1) is 14.5. The molecule has 0 radical (unpaired) electrons. The molecule has 0 saturated carbocycles. The maximum atomic E-state index is 12.7. The summed E-state index contributed by atoms with van der Waals surface area (Å²) in [6.45, 7) is 2.06. The number of sulfonamides is 1. The van der Waals surface area contributed by atoms with Gasteiger partial charge in [0.1, 0.15) is 5.75 Å². The molecule has 0 unspecified atom stereocenters. The van der Waals surface area contributed by atoms with Crippen molar-refractivity contribution in [1.29, 1.82) is 0 Å². The molecule has 0 spiro atoms. The minimum Gasteiger partial charge on any atom is -0.497 e. The lowest BCUT2D eigenvalue weighted by Gasteiger charge is -2.34. The SMILES string of the molecule is COc1ccc(-c2ccc(N3CCN(S(=O)(=O)Cc4ccccc4)CC3)nn2)cc1. The van der Waals surface area contributed by atoms with Crippen molar-refractivity contribution < 1.29 is 13.2 Å². The van der Waals surface area contributed by atoms with Crippen molar-refractivity contribution in [2.45, 2.75) is 5.75 Å². The van der Waals surface area contributed by atoms with Crippen LogP contribution in [0.1, 0.15) is 5.56 Å². The van der Waals surface area contributed by atoms with Gasteiger partial charge in [0.15, 0.2) is 5.82 Å². The number of hydrogen-bond donors (Lipinski definition) is 0. The van der Waals surface area contributed by atoms with Crippen molar-refractivity contribution in [3.63, 3.8) is 0 Å². The van der Waals surface area contributed by atoms with Crippen LogP contribution in [0.15, 0.2) is 66.7 Å². The molecule has 0 N–H and O–H groups in total. The average molecular weight is 425 g/mol. The number of rotatable bonds is 6. The lowest BCUT2D eigenvalue weighted by Crippen LogP contribution is -2.49. The van der Waals surface area contributed by atoms with Crippen LogP contribution in [0.5, 0.6) is 5.75 Å². The Hall–Kier alpha value is -2.97. The van der Waals surface area contributed by atoms with Gasteiger partial charge in [0, 0.05) is 31.7 Å². The van der Waals surface area contributed by atoms with Gasteiger partial charge >= 0.3 is 0 Å². The number of ether oxygens (including phenoxy) is 1. The van der Waals surface area contributed by atoms with Gasteiger partial charge in [-0.05, 0) is 42.0 Å². The second kappa shape index (κ2) is 8.81. The third-order valence-corrected chi connectivity index (χ3v) is 7.03. The van der Waals surface area contributed by atoms with E-state index in [4.69, 9.17) is 4.74 Å². The van der Waals surface area contributed by atoms with Crippen LogP contribution in [0.4, 0.5) is 5.82 Å². The van der Waals surface area contributed by atoms with Crippen LogP contribution in [0.25, 0.3) is 11.3 Å². The van der Waals surface area contributed by atoms with Gasteiger partial charge in [-0.2, -0.15) is 4.31 Å². The summed E-state index contributed by atoms with van der Waals surface area (Å²) in [6, 6.07) is 20.8. The van der Waals surface area contributed by atoms with Gasteiger partial charge in [-0.3, -0.25) is 0 Å². The molecular formula is C22H24N4O3S. The Labute approximate surface area is 177 Å². The van der Waals surface area contributed by atoms with Gasteiger partial charge in [-0.1, -0.05) is 30.3 Å². The fraction of sp³-hybridized carbons (Fsp3) is 0.273. The van der Waals surface area contributed by atoms with E-state index in [2.05, 4.69) is 15.1 Å². The number of piperazine rings is 1. The molecule has 2 heterocycles. The fourth-order valence-electron chi connectivity index (χ4n) is 3.48. The smallest absolute Gasteiger partial charge is 0.218 e. The van der Waals surface area contributed by atoms with Crippen LogP contribution < -0.4 is 9.64 Å². The number of hydrogen-bond acceptors (Lipinski definition) is 6. The molecule has 1 aliphatic heterocycles. The highest BCUT2D eigenvalue weighted by Crippen LogP contribution is 2.22. The van der Waals surface area contributed by atoms with Gasteiger partial charge in [-0.15, -0.1) is 10.2 Å². The van der Waals surface area contributed by atoms with E-state index < -0.39 is 10.0 Å². The van der Waals surface area contributed by atoms with Gasteiger partial charge in [0.05, 0.1) is 18.6 Å². The molecule has 156 valence electrons. The molecular weight excluding hydrogens is 400 g/mol. The first kappa shape index (κ1) is 20.3. The number of nitrogens with zero attached hydrogens (tertiary/aromatic N) is 4. The van der Waals surface area contributed by atoms with Crippen molar-refractivity contribution in [2.24, 2.45) is 0 Å². The third-order valence-electron chi connectivity index (χ3n) is 5.18. The second-order valence-corrected chi connectivity index (χ2v) is 9.10. The van der Waals surface area contributed by atoms with E-state index >= 15 is 0 Å². The lowest BCUT2D eigenvalue weighted by molar-refractivity contribution is 0.383. The van der Waals surface area contributed by atoms with Crippen LogP contribution >= 0.6 is 0 Å². The zero-order chi connectivity index (χ0) is 21.0. The van der Waals surface area contributed by atoms with E-state index in [0.717, 1.165) is 28.4 Å². The lowest BCUT2D eigenvalue weighted by atomic mass is 10.1. The Kier molecular flexibility index (Phi) is 5.96. The Bertz CT molecular complexity index is 1060. The van der Waals surface area contributed by atoms with Crippen LogP contribution in [-0.2, 0) is 15.8 Å². The molecule has 0 aliphatic carbocycles. The summed E-state index contributed by atoms with van der Waals surface area (Å²) in [6.07, 6.45) is 0. The summed E-state index contributed by atoms with van der Waals surface area (Å²) < 4.78 is 32.2. The van der Waals surface area contributed by atoms with Crippen molar-refractivity contribution in [3.05, 3.63) is 72.3 Å². The summed E-state index contributed by atoms with van der Waals surface area (Å²) in [5.41, 5.74) is 2.55. The molecule has 3 aromatic rings. The van der Waals surface area contributed by atoms with Crippen LogP contribution in [-0.4, -0.2) is 56.2 Å². The van der Waals surface area contributed by atoms with Crippen LogP contribution in [0, 0.1) is 0 Å². The highest BCUT2D eigenvalue weighted by molar-refractivity contribution is 7.88. The normalized spacial score (nSPS) is 15.2. The highest BCUT2D eigenvalue weighted by atomic mass is 32.2. The molecule has 0 atom stereocenters. The molecule has 0 amide bonds. The molecule has 0 bridgehead atoms. The van der Waals surface area contributed by atoms with Gasteiger partial charge in [0.25, 0.3) is 0 Å². The summed E-state index contributed by atoms with van der Waals surface area (Å²) in [5.74, 6) is 1.58. The summed E-state index contributed by atoms with van der Waals surface area (Å²) in [5, 5.41) is 8.69. The molecule has 30 heavy (non-hydrogen) atoms. The molecule has 8 heteroatoms. The Morgan fingerprint density at radius 2 is 1.57 bits per heavy atom. The summed E-state index contributed by atoms with van der Waals surface area (Å²) in [7, 11) is -1.69. The first-order valence-electron chi connectivity index (χ1n) is 9.80. The summed E-state index contributed by atoms with van der Waals surface area (Å²) in [4.78, 5) is 2.07. The van der Waals surface area contributed by atoms with Crippen molar-refractivity contribution >= 4 is 15.8 Å². The van der Waals surface area contributed by atoms with Gasteiger partial charge in [0.2, 0.25) is 10.0 Å². The largest absolute Gasteiger partial charge is 0.497 e. The van der Waals surface area contributed by atoms with E-state index in [1.807, 2.05) is 66.7 Å². The molecule has 1 aromatic heterocycles. The quantitative estimate of drug-likeness (QED) is 0.606. The van der Waals surface area contributed by atoms with E-state index in [0.29, 0.717) is 26.2 Å². The van der Waals surface area contributed by atoms with Crippen molar-refractivity contribution in [2.75, 3.05) is 38.2 Å². The number of anilines is 1. The maximum Gasteiger partial charge on any atom is 0.218 e. The molecule has 1 saturated heterocycles. The zero-order valence-electron chi connectivity index (χ0n) is 16.8. The molecule has 1 aliphatic rings. The van der Waals surface area contributed by atoms with Crippen molar-refractivity contribution in [3.8, 4) is 17.0 Å². The second-order valence-electron chi connectivity index (χ2n) is 7.13. The molecule has 2 aromatic carbocycles. The van der Waals surface area contributed by atoms with Gasteiger partial charge in [-0.25, -0.2) is 8.42 Å². The van der Waals surface area contributed by atoms with Crippen molar-refractivity contribution in [1.82, 2.24) is 14.5 Å². The fourth-order valence-corrected chi connectivity index (χ4v) is 5.00. The molecule has 7 nitrogen and oxygen atoms in total. The van der Waals surface area contributed by atoms with Crippen LogP contribution in [0.2, 0.25) is 0 Å². The van der Waals surface area contributed by atoms with E-state index in [-0.39, 0.29) is 5.75 Å². The number of methoxy groups -OCH3 is 1. The molecule has 4 rings (SSSR count). The monoisotopic (exact) mass is 424 g/mol. The Morgan fingerprint density at radius 3 is 2.17 bits per heavy atom. The Balaban J connectivity index is 1.38. The first-order valence-corrected chi connectivity index (χ1v) is 11.4. The summed E-state index contributed by atoms with van der Waals surface area (Å²) >= 11 is 0. The van der Waals surface area contributed by atoms with Crippen LogP contribution in [0.3, 0.4) is 0 Å². The number of aromatic nitrogens is 2. The van der Waals surface area contributed by atoms with E-state index in [1.54, 1.807) is 11.4 Å². The zero-order valence-corrected chi connectivity index (χ0v) is 17.6. The van der Waals surface area contributed by atoms with E-state index in [9.17, 15) is 8.42 Å². The van der Waals surface area contributed by atoms with Gasteiger partial charge < -0.3 is 9.64 Å². The number of benzene rings is 2. The third kappa shape index (κ3) is 4.60. The topological polar surface area (TPSA) is 75.6 Å². The predicted octanol–water partition coefficient (Wildman–Crippen LogP) is 2.80. The minimum atomic E-state index is -3.33. The Morgan fingerprint density at radius 1 is 0.867 bits per heavy atom. The molecule has 1 fully saturated rings. The maximum absolute atomic E-state index is 12.7. The standard InChI is InChI=1S/C22H24N4O3S/c1-29-20-9-7-19(8-10-20)21-11-12-22(24-23-21)25-13-15-26(16-14-25)30(27,28)17-18-5-3-2-4-6-18/h2-12H,13-17H2,1H3. The minimum absolute atomic E-state index is 0.0319.